The fraction of sp³-hybridized carbons (Fsp3) is 0.412. The van der Waals surface area contributed by atoms with E-state index in [1.54, 1.807) is 0 Å². The minimum atomic E-state index is 0. The average Bonchev–Trinajstić information content (AvgIpc) is 2.84. The number of hydrogen-bond acceptors (Lipinski definition) is 2. The van der Waals surface area contributed by atoms with Gasteiger partial charge >= 0.3 is 0 Å². The summed E-state index contributed by atoms with van der Waals surface area (Å²) in [6, 6.07) is 8.57. The number of halogens is 1. The van der Waals surface area contributed by atoms with E-state index in [1.165, 1.54) is 11.1 Å². The standard InChI is InChI=1S/C17H25N5.HI/c1-14-18-9-10-22(14)13-16-8-6-7-15(11-16)12-19-17(20(2)3)21(4)5;/h6-11H,12-13H2,1-5H3;1H. The molecule has 0 amide bonds. The van der Waals surface area contributed by atoms with Crippen molar-refractivity contribution < 1.29 is 0 Å². The van der Waals surface area contributed by atoms with Crippen LogP contribution >= 0.6 is 24.0 Å². The van der Waals surface area contributed by atoms with E-state index in [9.17, 15) is 0 Å². The summed E-state index contributed by atoms with van der Waals surface area (Å²) in [6.07, 6.45) is 3.85. The van der Waals surface area contributed by atoms with Crippen LogP contribution in [0.15, 0.2) is 41.7 Å². The van der Waals surface area contributed by atoms with Gasteiger partial charge in [-0.05, 0) is 18.1 Å². The van der Waals surface area contributed by atoms with Crippen molar-refractivity contribution in [1.82, 2.24) is 19.4 Å². The van der Waals surface area contributed by atoms with Gasteiger partial charge in [-0.1, -0.05) is 24.3 Å². The van der Waals surface area contributed by atoms with Gasteiger partial charge in [0.1, 0.15) is 5.82 Å². The van der Waals surface area contributed by atoms with Crippen LogP contribution < -0.4 is 0 Å². The van der Waals surface area contributed by atoms with Crippen LogP contribution in [0.3, 0.4) is 0 Å². The molecule has 0 aliphatic rings. The van der Waals surface area contributed by atoms with Crippen molar-refractivity contribution in [3.63, 3.8) is 0 Å². The van der Waals surface area contributed by atoms with Crippen LogP contribution in [0.25, 0.3) is 0 Å². The Morgan fingerprint density at radius 1 is 1.13 bits per heavy atom. The normalized spacial score (nSPS) is 9.96. The largest absolute Gasteiger partial charge is 0.349 e. The Bertz CT molecular complexity index is 636. The van der Waals surface area contributed by atoms with Crippen molar-refractivity contribution in [2.24, 2.45) is 4.99 Å². The minimum absolute atomic E-state index is 0. The van der Waals surface area contributed by atoms with Gasteiger partial charge in [0.25, 0.3) is 0 Å². The van der Waals surface area contributed by atoms with E-state index in [2.05, 4.69) is 33.8 Å². The number of nitrogens with zero attached hydrogens (tertiary/aromatic N) is 5. The summed E-state index contributed by atoms with van der Waals surface area (Å²) in [4.78, 5) is 13.0. The Labute approximate surface area is 156 Å². The summed E-state index contributed by atoms with van der Waals surface area (Å²) in [6.45, 7) is 3.55. The highest BCUT2D eigenvalue weighted by atomic mass is 127. The van der Waals surface area contributed by atoms with Gasteiger partial charge in [0.15, 0.2) is 5.96 Å². The van der Waals surface area contributed by atoms with Crippen molar-refractivity contribution in [1.29, 1.82) is 0 Å². The van der Waals surface area contributed by atoms with Gasteiger partial charge in [-0.2, -0.15) is 0 Å². The molecule has 0 atom stereocenters. The molecule has 0 saturated carbocycles. The second-order valence-electron chi connectivity index (χ2n) is 5.83. The predicted molar refractivity (Wildman–Crippen MR) is 106 cm³/mol. The lowest BCUT2D eigenvalue weighted by Crippen LogP contribution is -2.35. The van der Waals surface area contributed by atoms with Gasteiger partial charge in [-0.3, -0.25) is 0 Å². The van der Waals surface area contributed by atoms with Crippen molar-refractivity contribution in [2.45, 2.75) is 20.0 Å². The second-order valence-corrected chi connectivity index (χ2v) is 5.83. The number of aryl methyl sites for hydroxylation is 1. The number of aromatic nitrogens is 2. The Hall–Kier alpha value is -1.57. The molecular formula is C17H26IN5. The number of benzene rings is 1. The zero-order chi connectivity index (χ0) is 16.1. The van der Waals surface area contributed by atoms with Crippen LogP contribution in [0.2, 0.25) is 0 Å². The van der Waals surface area contributed by atoms with Gasteiger partial charge < -0.3 is 14.4 Å². The number of aliphatic imine (C=N–C) groups is 1. The Kier molecular flexibility index (Phi) is 7.54. The highest BCUT2D eigenvalue weighted by molar-refractivity contribution is 14.0. The van der Waals surface area contributed by atoms with Crippen molar-refractivity contribution in [2.75, 3.05) is 28.2 Å². The number of hydrogen-bond donors (Lipinski definition) is 0. The fourth-order valence-electron chi connectivity index (χ4n) is 2.44. The van der Waals surface area contributed by atoms with E-state index >= 15 is 0 Å². The molecule has 0 N–H and O–H groups in total. The zero-order valence-electron chi connectivity index (χ0n) is 14.5. The van der Waals surface area contributed by atoms with Gasteiger partial charge in [-0.25, -0.2) is 9.98 Å². The average molecular weight is 427 g/mol. The molecule has 23 heavy (non-hydrogen) atoms. The summed E-state index contributed by atoms with van der Waals surface area (Å²) in [7, 11) is 8.04. The Balaban J connectivity index is 0.00000264. The molecule has 0 aliphatic carbocycles. The van der Waals surface area contributed by atoms with E-state index in [1.807, 2.05) is 57.3 Å². The first-order chi connectivity index (χ1) is 10.5. The van der Waals surface area contributed by atoms with E-state index in [-0.39, 0.29) is 24.0 Å². The quantitative estimate of drug-likeness (QED) is 0.428. The maximum absolute atomic E-state index is 4.70. The molecule has 6 heteroatoms. The molecule has 0 aliphatic heterocycles. The third-order valence-corrected chi connectivity index (χ3v) is 3.47. The van der Waals surface area contributed by atoms with Gasteiger partial charge in [0, 0.05) is 47.1 Å². The molecule has 5 nitrogen and oxygen atoms in total. The lowest BCUT2D eigenvalue weighted by Gasteiger charge is -2.22. The Morgan fingerprint density at radius 3 is 2.35 bits per heavy atom. The summed E-state index contributed by atoms with van der Waals surface area (Å²) >= 11 is 0. The van der Waals surface area contributed by atoms with E-state index in [0.29, 0.717) is 6.54 Å². The molecule has 126 valence electrons. The first-order valence-corrected chi connectivity index (χ1v) is 7.42. The molecule has 0 spiro atoms. The van der Waals surface area contributed by atoms with Crippen molar-refractivity contribution in [3.05, 3.63) is 53.6 Å². The molecule has 0 radical (unpaired) electrons. The third kappa shape index (κ3) is 5.53. The summed E-state index contributed by atoms with van der Waals surface area (Å²) in [5, 5.41) is 0. The molecule has 2 aromatic rings. The SMILES string of the molecule is Cc1nccn1Cc1cccc(CN=C(N(C)C)N(C)C)c1.I. The van der Waals surface area contributed by atoms with Crippen LogP contribution in [0.1, 0.15) is 17.0 Å². The van der Waals surface area contributed by atoms with Crippen LogP contribution in [-0.2, 0) is 13.1 Å². The summed E-state index contributed by atoms with van der Waals surface area (Å²) in [5.74, 6) is 2.00. The van der Waals surface area contributed by atoms with Crippen molar-refractivity contribution >= 4 is 29.9 Å². The first-order valence-electron chi connectivity index (χ1n) is 7.42. The van der Waals surface area contributed by atoms with Gasteiger partial charge in [-0.15, -0.1) is 24.0 Å². The molecule has 0 unspecified atom stereocenters. The van der Waals surface area contributed by atoms with Crippen LogP contribution in [0, 0.1) is 6.92 Å². The summed E-state index contributed by atoms with van der Waals surface area (Å²) < 4.78 is 2.15. The lowest BCUT2D eigenvalue weighted by molar-refractivity contribution is 0.479. The molecule has 0 fully saturated rings. The monoisotopic (exact) mass is 427 g/mol. The van der Waals surface area contributed by atoms with Crippen LogP contribution in [0.4, 0.5) is 0 Å². The first kappa shape index (κ1) is 19.5. The maximum atomic E-state index is 4.70. The van der Waals surface area contributed by atoms with Crippen LogP contribution in [-0.4, -0.2) is 53.5 Å². The number of guanidine groups is 1. The topological polar surface area (TPSA) is 36.7 Å². The molecular weight excluding hydrogens is 401 g/mol. The van der Waals surface area contributed by atoms with E-state index < -0.39 is 0 Å². The fourth-order valence-corrected chi connectivity index (χ4v) is 2.44. The van der Waals surface area contributed by atoms with Crippen LogP contribution in [0.5, 0.6) is 0 Å². The lowest BCUT2D eigenvalue weighted by atomic mass is 10.1. The number of imidazole rings is 1. The predicted octanol–water partition coefficient (Wildman–Crippen LogP) is 2.84. The Morgan fingerprint density at radius 2 is 1.78 bits per heavy atom. The smallest absolute Gasteiger partial charge is 0.195 e. The molecule has 1 aromatic heterocycles. The number of rotatable bonds is 4. The molecule has 1 aromatic carbocycles. The van der Waals surface area contributed by atoms with Crippen molar-refractivity contribution in [3.8, 4) is 0 Å². The second kappa shape index (κ2) is 8.90. The van der Waals surface area contributed by atoms with E-state index in [0.717, 1.165) is 18.3 Å². The highest BCUT2D eigenvalue weighted by Gasteiger charge is 2.04. The highest BCUT2D eigenvalue weighted by Crippen LogP contribution is 2.10. The maximum Gasteiger partial charge on any atom is 0.195 e. The zero-order valence-corrected chi connectivity index (χ0v) is 16.9. The third-order valence-electron chi connectivity index (χ3n) is 3.47. The minimum Gasteiger partial charge on any atom is -0.349 e. The molecule has 0 bridgehead atoms. The molecule has 1 heterocycles. The van der Waals surface area contributed by atoms with E-state index in [4.69, 9.17) is 4.99 Å². The molecule has 2 rings (SSSR count). The van der Waals surface area contributed by atoms with Gasteiger partial charge in [0.2, 0.25) is 0 Å². The molecule has 0 saturated heterocycles. The van der Waals surface area contributed by atoms with Gasteiger partial charge in [0.05, 0.1) is 6.54 Å². The summed E-state index contributed by atoms with van der Waals surface area (Å²) in [5.41, 5.74) is 2.49.